The van der Waals surface area contributed by atoms with Crippen molar-refractivity contribution in [3.05, 3.63) is 0 Å². The van der Waals surface area contributed by atoms with Gasteiger partial charge in [-0.25, -0.2) is 8.42 Å². The molecule has 2 rings (SSSR count). The molecule has 0 heterocycles. The molecule has 2 aliphatic carbocycles. The fraction of sp³-hybridized carbons (Fsp3) is 1.00. The molecule has 0 aliphatic heterocycles. The van der Waals surface area contributed by atoms with E-state index in [9.17, 15) is 8.42 Å². The van der Waals surface area contributed by atoms with Gasteiger partial charge in [-0.1, -0.05) is 6.42 Å². The highest BCUT2D eigenvalue weighted by Crippen LogP contribution is 2.48. The van der Waals surface area contributed by atoms with E-state index in [4.69, 9.17) is 0 Å². The molecule has 0 saturated heterocycles. The number of rotatable bonds is 2. The van der Waals surface area contributed by atoms with Gasteiger partial charge in [-0.3, -0.25) is 0 Å². The topological polar surface area (TPSA) is 34.1 Å². The lowest BCUT2D eigenvalue weighted by Crippen LogP contribution is -2.20. The first-order valence-electron chi connectivity index (χ1n) is 4.72. The molecule has 0 aromatic carbocycles. The first kappa shape index (κ1) is 8.54. The Kier molecular flexibility index (Phi) is 1.94. The van der Waals surface area contributed by atoms with Crippen LogP contribution >= 0.6 is 0 Å². The van der Waals surface area contributed by atoms with Crippen molar-refractivity contribution in [1.82, 2.24) is 0 Å². The maximum Gasteiger partial charge on any atom is 0.147 e. The van der Waals surface area contributed by atoms with Gasteiger partial charge in [0.1, 0.15) is 9.84 Å². The first-order valence-corrected chi connectivity index (χ1v) is 6.78. The van der Waals surface area contributed by atoms with Crippen molar-refractivity contribution in [3.63, 3.8) is 0 Å². The highest BCUT2D eigenvalue weighted by atomic mass is 32.2. The second-order valence-corrected chi connectivity index (χ2v) is 6.71. The molecule has 0 aromatic rings. The molecule has 3 atom stereocenters. The van der Waals surface area contributed by atoms with Crippen LogP contribution in [0.15, 0.2) is 0 Å². The van der Waals surface area contributed by atoms with Crippen molar-refractivity contribution in [1.29, 1.82) is 0 Å². The largest absolute Gasteiger partial charge is 0.229 e. The summed E-state index contributed by atoms with van der Waals surface area (Å²) in [7, 11) is -2.73. The van der Waals surface area contributed by atoms with Gasteiger partial charge in [-0.15, -0.1) is 0 Å². The Labute approximate surface area is 74.3 Å². The summed E-state index contributed by atoms with van der Waals surface area (Å²) in [6.07, 6.45) is 6.48. The summed E-state index contributed by atoms with van der Waals surface area (Å²) in [5.74, 6) is 2.54. The Balaban J connectivity index is 2.00. The zero-order valence-electron chi connectivity index (χ0n) is 7.49. The van der Waals surface area contributed by atoms with Gasteiger partial charge in [0.05, 0.1) is 5.75 Å². The van der Waals surface area contributed by atoms with Crippen LogP contribution < -0.4 is 0 Å². The van der Waals surface area contributed by atoms with Gasteiger partial charge in [-0.05, 0) is 37.0 Å². The molecule has 3 unspecified atom stereocenters. The van der Waals surface area contributed by atoms with Gasteiger partial charge in [0.25, 0.3) is 0 Å². The summed E-state index contributed by atoms with van der Waals surface area (Å²) >= 11 is 0. The minimum absolute atomic E-state index is 0.439. The monoisotopic (exact) mass is 188 g/mol. The molecule has 0 radical (unpaired) electrons. The van der Waals surface area contributed by atoms with Crippen LogP contribution in [0.1, 0.15) is 25.7 Å². The third kappa shape index (κ3) is 1.65. The zero-order valence-corrected chi connectivity index (χ0v) is 8.31. The SMILES string of the molecule is CS(=O)(=O)CC1CC2CCC1C2. The van der Waals surface area contributed by atoms with Gasteiger partial charge in [-0.2, -0.15) is 0 Å². The van der Waals surface area contributed by atoms with E-state index in [1.54, 1.807) is 0 Å². The molecule has 2 saturated carbocycles. The van der Waals surface area contributed by atoms with Crippen LogP contribution in [0, 0.1) is 17.8 Å². The molecule has 0 aromatic heterocycles. The summed E-state index contributed by atoms with van der Waals surface area (Å²) in [6.45, 7) is 0. The fourth-order valence-corrected chi connectivity index (χ4v) is 4.16. The number of hydrogen-bond acceptors (Lipinski definition) is 2. The van der Waals surface area contributed by atoms with Crippen molar-refractivity contribution in [2.45, 2.75) is 25.7 Å². The van der Waals surface area contributed by atoms with Crippen LogP contribution in [0.2, 0.25) is 0 Å². The molecule has 70 valence electrons. The Morgan fingerprint density at radius 1 is 1.25 bits per heavy atom. The van der Waals surface area contributed by atoms with Gasteiger partial charge < -0.3 is 0 Å². The van der Waals surface area contributed by atoms with E-state index in [1.165, 1.54) is 31.9 Å². The highest BCUT2D eigenvalue weighted by molar-refractivity contribution is 7.90. The Bertz CT molecular complexity index is 268. The molecule has 0 spiro atoms. The van der Waals surface area contributed by atoms with Crippen molar-refractivity contribution < 1.29 is 8.42 Å². The Hall–Kier alpha value is -0.0500. The molecule has 3 heteroatoms. The lowest BCUT2D eigenvalue weighted by Gasteiger charge is -2.20. The Morgan fingerprint density at radius 2 is 2.00 bits per heavy atom. The molecule has 0 amide bonds. The average Bonchev–Trinajstić information content (AvgIpc) is 2.42. The van der Waals surface area contributed by atoms with E-state index in [0.29, 0.717) is 11.7 Å². The van der Waals surface area contributed by atoms with Gasteiger partial charge in [0.2, 0.25) is 0 Å². The van der Waals surface area contributed by atoms with Crippen LogP contribution in [0.25, 0.3) is 0 Å². The first-order chi connectivity index (χ1) is 5.54. The van der Waals surface area contributed by atoms with Crippen molar-refractivity contribution in [2.24, 2.45) is 17.8 Å². The molecule has 2 bridgehead atoms. The quantitative estimate of drug-likeness (QED) is 0.657. The smallest absolute Gasteiger partial charge is 0.147 e. The van der Waals surface area contributed by atoms with E-state index in [1.807, 2.05) is 0 Å². The van der Waals surface area contributed by atoms with Gasteiger partial charge in [0.15, 0.2) is 0 Å². The van der Waals surface area contributed by atoms with E-state index in [-0.39, 0.29) is 0 Å². The van der Waals surface area contributed by atoms with Crippen molar-refractivity contribution in [2.75, 3.05) is 12.0 Å². The Morgan fingerprint density at radius 3 is 2.42 bits per heavy atom. The standard InChI is InChI=1S/C9H16O2S/c1-12(10,11)6-9-5-7-2-3-8(9)4-7/h7-9H,2-6H2,1H3. The third-order valence-electron chi connectivity index (χ3n) is 3.40. The number of hydrogen-bond donors (Lipinski definition) is 0. The van der Waals surface area contributed by atoms with Gasteiger partial charge in [0, 0.05) is 6.26 Å². The molecular formula is C9H16O2S. The minimum Gasteiger partial charge on any atom is -0.229 e. The maximum absolute atomic E-state index is 11.1. The van der Waals surface area contributed by atoms with E-state index < -0.39 is 9.84 Å². The summed E-state index contributed by atoms with van der Waals surface area (Å²) in [6, 6.07) is 0. The molecule has 2 aliphatic rings. The van der Waals surface area contributed by atoms with E-state index in [2.05, 4.69) is 0 Å². The summed E-state index contributed by atoms with van der Waals surface area (Å²) in [5, 5.41) is 0. The molecule has 0 N–H and O–H groups in total. The molecule has 12 heavy (non-hydrogen) atoms. The van der Waals surface area contributed by atoms with Crippen molar-refractivity contribution in [3.8, 4) is 0 Å². The average molecular weight is 188 g/mol. The van der Waals surface area contributed by atoms with Gasteiger partial charge >= 0.3 is 0 Å². The lowest BCUT2D eigenvalue weighted by molar-refractivity contribution is 0.361. The maximum atomic E-state index is 11.1. The van der Waals surface area contributed by atoms with Crippen LogP contribution in [0.3, 0.4) is 0 Å². The van der Waals surface area contributed by atoms with E-state index >= 15 is 0 Å². The van der Waals surface area contributed by atoms with Crippen LogP contribution in [-0.2, 0) is 9.84 Å². The second-order valence-electron chi connectivity index (χ2n) is 4.53. The number of sulfone groups is 1. The molecule has 2 nitrogen and oxygen atoms in total. The third-order valence-corrected chi connectivity index (χ3v) is 4.44. The minimum atomic E-state index is -2.73. The van der Waals surface area contributed by atoms with Crippen LogP contribution in [-0.4, -0.2) is 20.4 Å². The predicted molar refractivity (Wildman–Crippen MR) is 48.6 cm³/mol. The fourth-order valence-electron chi connectivity index (χ4n) is 2.97. The van der Waals surface area contributed by atoms with E-state index in [0.717, 1.165) is 11.8 Å². The lowest BCUT2D eigenvalue weighted by atomic mass is 9.90. The predicted octanol–water partition coefficient (Wildman–Crippen LogP) is 1.47. The summed E-state index contributed by atoms with van der Waals surface area (Å²) in [5.41, 5.74) is 0. The molecule has 2 fully saturated rings. The normalized spacial score (nSPS) is 40.6. The summed E-state index contributed by atoms with van der Waals surface area (Å²) < 4.78 is 22.1. The van der Waals surface area contributed by atoms with Crippen LogP contribution in [0.5, 0.6) is 0 Å². The second kappa shape index (κ2) is 2.72. The number of fused-ring (bicyclic) bond motifs is 2. The molecular weight excluding hydrogens is 172 g/mol. The highest BCUT2D eigenvalue weighted by Gasteiger charge is 2.40. The van der Waals surface area contributed by atoms with Crippen molar-refractivity contribution >= 4 is 9.84 Å². The summed E-state index contributed by atoms with van der Waals surface area (Å²) in [4.78, 5) is 0. The van der Waals surface area contributed by atoms with Crippen LogP contribution in [0.4, 0.5) is 0 Å². The zero-order chi connectivity index (χ0) is 8.77.